The summed E-state index contributed by atoms with van der Waals surface area (Å²) in [5.74, 6) is -0.0560. The second-order valence-corrected chi connectivity index (χ2v) is 24.6. The number of allylic oxidation sites excluding steroid dienone is 7. The van der Waals surface area contributed by atoms with E-state index in [1.807, 2.05) is 6.08 Å². The van der Waals surface area contributed by atoms with Crippen molar-refractivity contribution >= 4 is 11.9 Å². The Kier molecular flexibility index (Phi) is 67.4. The quantitative estimate of drug-likeness (QED) is 0.0320. The smallest absolute Gasteiger partial charge is 0.305 e. The Balaban J connectivity index is 3.38. The number of ether oxygens (including phenoxy) is 1. The van der Waals surface area contributed by atoms with E-state index in [1.54, 1.807) is 6.08 Å². The molecule has 0 aromatic carbocycles. The number of esters is 1. The minimum Gasteiger partial charge on any atom is -0.466 e. The molecule has 0 aromatic rings. The summed E-state index contributed by atoms with van der Waals surface area (Å²) in [6.07, 6.45) is 90.7. The number of rotatable bonds is 67. The zero-order chi connectivity index (χ0) is 57.8. The van der Waals surface area contributed by atoms with Crippen molar-refractivity contribution in [3.63, 3.8) is 0 Å². The predicted octanol–water partition coefficient (Wildman–Crippen LogP) is 23.3. The van der Waals surface area contributed by atoms with E-state index in [2.05, 4.69) is 55.6 Å². The lowest BCUT2D eigenvalue weighted by Crippen LogP contribution is -2.45. The van der Waals surface area contributed by atoms with Crippen LogP contribution in [0.15, 0.2) is 48.6 Å². The van der Waals surface area contributed by atoms with Gasteiger partial charge in [0.05, 0.1) is 25.4 Å². The van der Waals surface area contributed by atoms with Crippen LogP contribution >= 0.6 is 0 Å². The maximum Gasteiger partial charge on any atom is 0.305 e. The molecule has 2 unspecified atom stereocenters. The van der Waals surface area contributed by atoms with Crippen LogP contribution in [0, 0.1) is 0 Å². The maximum atomic E-state index is 12.5. The third kappa shape index (κ3) is 65.0. The Labute approximate surface area is 499 Å². The van der Waals surface area contributed by atoms with Crippen molar-refractivity contribution in [3.8, 4) is 0 Å². The molecule has 0 spiro atoms. The van der Waals surface area contributed by atoms with Gasteiger partial charge in [0.25, 0.3) is 0 Å². The molecule has 0 bridgehead atoms. The largest absolute Gasteiger partial charge is 0.466 e. The van der Waals surface area contributed by atoms with E-state index in [1.165, 1.54) is 308 Å². The van der Waals surface area contributed by atoms with Crippen molar-refractivity contribution in [1.82, 2.24) is 5.32 Å². The summed E-state index contributed by atoms with van der Waals surface area (Å²) < 4.78 is 5.47. The lowest BCUT2D eigenvalue weighted by molar-refractivity contribution is -0.143. The fourth-order valence-electron chi connectivity index (χ4n) is 11.1. The van der Waals surface area contributed by atoms with Gasteiger partial charge in [-0.15, -0.1) is 0 Å². The van der Waals surface area contributed by atoms with Gasteiger partial charge in [-0.25, -0.2) is 0 Å². The van der Waals surface area contributed by atoms with Gasteiger partial charge in [0, 0.05) is 12.8 Å². The van der Waals surface area contributed by atoms with E-state index < -0.39 is 12.1 Å². The van der Waals surface area contributed by atoms with E-state index in [9.17, 15) is 19.8 Å². The summed E-state index contributed by atoms with van der Waals surface area (Å²) in [4.78, 5) is 24.5. The first-order valence-electron chi connectivity index (χ1n) is 35.9. The molecule has 0 aliphatic rings. The monoisotopic (exact) mass is 1120 g/mol. The summed E-state index contributed by atoms with van der Waals surface area (Å²) in [7, 11) is 0. The number of hydrogen-bond donors (Lipinski definition) is 3. The van der Waals surface area contributed by atoms with Crippen molar-refractivity contribution in [2.24, 2.45) is 0 Å². The molecule has 80 heavy (non-hydrogen) atoms. The van der Waals surface area contributed by atoms with Crippen LogP contribution in [0.3, 0.4) is 0 Å². The van der Waals surface area contributed by atoms with E-state index >= 15 is 0 Å². The minimum atomic E-state index is -0.843. The lowest BCUT2D eigenvalue weighted by atomic mass is 10.0. The topological polar surface area (TPSA) is 95.9 Å². The fraction of sp³-hybridized carbons (Fsp3) is 0.865. The van der Waals surface area contributed by atoms with Gasteiger partial charge in [-0.05, 0) is 83.5 Å². The second-order valence-electron chi connectivity index (χ2n) is 24.6. The van der Waals surface area contributed by atoms with Gasteiger partial charge in [-0.2, -0.15) is 0 Å². The number of aliphatic hydroxyl groups excluding tert-OH is 2. The second kappa shape index (κ2) is 69.3. The average molecular weight is 1120 g/mol. The molecule has 0 aromatic heterocycles. The van der Waals surface area contributed by atoms with Gasteiger partial charge in [-0.1, -0.05) is 339 Å². The molecule has 0 fully saturated rings. The van der Waals surface area contributed by atoms with Crippen LogP contribution in [0.4, 0.5) is 0 Å². The zero-order valence-corrected chi connectivity index (χ0v) is 53.8. The molecule has 0 aliphatic heterocycles. The number of hydrogen-bond acceptors (Lipinski definition) is 5. The van der Waals surface area contributed by atoms with Crippen LogP contribution in [0.5, 0.6) is 0 Å². The van der Waals surface area contributed by atoms with Crippen LogP contribution in [0.1, 0.15) is 386 Å². The SMILES string of the molecule is CCCC/C=C\CCCCCCCC(=O)OCCCCCCCCCCCCCCC/C=C\C/C=C\CCCCCCCCCCCCCCCCCCCC(=O)NC(CO)C(O)/C=C/CCCCCCCCCCCCCCC. The summed E-state index contributed by atoms with van der Waals surface area (Å²) in [5.41, 5.74) is 0. The highest BCUT2D eigenvalue weighted by Crippen LogP contribution is 2.18. The molecule has 0 saturated carbocycles. The average Bonchev–Trinajstić information content (AvgIpc) is 3.46. The molecule has 0 rings (SSSR count). The van der Waals surface area contributed by atoms with Gasteiger partial charge in [0.15, 0.2) is 0 Å². The molecule has 1 amide bonds. The van der Waals surface area contributed by atoms with Crippen molar-refractivity contribution < 1.29 is 24.5 Å². The van der Waals surface area contributed by atoms with Gasteiger partial charge < -0.3 is 20.3 Å². The van der Waals surface area contributed by atoms with Crippen LogP contribution < -0.4 is 5.32 Å². The van der Waals surface area contributed by atoms with Crippen molar-refractivity contribution in [3.05, 3.63) is 48.6 Å². The van der Waals surface area contributed by atoms with Crippen molar-refractivity contribution in [2.75, 3.05) is 13.2 Å². The molecule has 0 heterocycles. The first-order valence-corrected chi connectivity index (χ1v) is 35.9. The molecule has 0 radical (unpaired) electrons. The van der Waals surface area contributed by atoms with Gasteiger partial charge >= 0.3 is 5.97 Å². The first kappa shape index (κ1) is 77.8. The lowest BCUT2D eigenvalue weighted by Gasteiger charge is -2.20. The highest BCUT2D eigenvalue weighted by atomic mass is 16.5. The molecular formula is C74H139NO5. The molecule has 0 saturated heterocycles. The van der Waals surface area contributed by atoms with E-state index in [-0.39, 0.29) is 18.5 Å². The van der Waals surface area contributed by atoms with Gasteiger partial charge in [0.2, 0.25) is 5.91 Å². The summed E-state index contributed by atoms with van der Waals surface area (Å²) >= 11 is 0. The molecule has 2 atom stereocenters. The summed E-state index contributed by atoms with van der Waals surface area (Å²) in [6.45, 7) is 4.89. The predicted molar refractivity (Wildman–Crippen MR) is 352 cm³/mol. The van der Waals surface area contributed by atoms with Crippen LogP contribution in [0.25, 0.3) is 0 Å². The highest BCUT2D eigenvalue weighted by molar-refractivity contribution is 5.76. The molecule has 6 nitrogen and oxygen atoms in total. The Bertz CT molecular complexity index is 1340. The number of unbranched alkanes of at least 4 members (excludes halogenated alkanes) is 50. The molecular weight excluding hydrogens is 983 g/mol. The number of aliphatic hydroxyl groups is 2. The number of carbonyl (C=O) groups excluding carboxylic acids is 2. The number of nitrogens with one attached hydrogen (secondary N) is 1. The Morgan fingerprint density at radius 2 is 0.637 bits per heavy atom. The molecule has 6 heteroatoms. The normalized spacial score (nSPS) is 12.8. The third-order valence-electron chi connectivity index (χ3n) is 16.6. The summed E-state index contributed by atoms with van der Waals surface area (Å²) in [5, 5.41) is 23.2. The first-order chi connectivity index (χ1) is 39.5. The number of carbonyl (C=O) groups is 2. The summed E-state index contributed by atoms with van der Waals surface area (Å²) in [6, 6.07) is -0.626. The zero-order valence-electron chi connectivity index (χ0n) is 53.8. The van der Waals surface area contributed by atoms with Crippen molar-refractivity contribution in [2.45, 2.75) is 398 Å². The van der Waals surface area contributed by atoms with E-state index in [0.29, 0.717) is 19.4 Å². The minimum absolute atomic E-state index is 0.00738. The third-order valence-corrected chi connectivity index (χ3v) is 16.6. The Morgan fingerprint density at radius 1 is 0.350 bits per heavy atom. The van der Waals surface area contributed by atoms with Crippen LogP contribution in [-0.2, 0) is 14.3 Å². The number of amides is 1. The van der Waals surface area contributed by atoms with E-state index in [4.69, 9.17) is 4.74 Å². The molecule has 3 N–H and O–H groups in total. The van der Waals surface area contributed by atoms with Gasteiger partial charge in [0.1, 0.15) is 0 Å². The Hall–Kier alpha value is -2.18. The Morgan fingerprint density at radius 3 is 1.00 bits per heavy atom. The van der Waals surface area contributed by atoms with Gasteiger partial charge in [-0.3, -0.25) is 9.59 Å². The maximum absolute atomic E-state index is 12.5. The van der Waals surface area contributed by atoms with E-state index in [0.717, 1.165) is 51.4 Å². The van der Waals surface area contributed by atoms with Crippen LogP contribution in [0.2, 0.25) is 0 Å². The van der Waals surface area contributed by atoms with Crippen molar-refractivity contribution in [1.29, 1.82) is 0 Å². The van der Waals surface area contributed by atoms with Crippen LogP contribution in [-0.4, -0.2) is 47.4 Å². The fourth-order valence-corrected chi connectivity index (χ4v) is 11.1. The molecule has 470 valence electrons. The highest BCUT2D eigenvalue weighted by Gasteiger charge is 2.18. The molecule has 0 aliphatic carbocycles. The standard InChI is InChI=1S/C74H139NO5/c1-3-5-7-9-11-13-15-16-40-43-47-50-54-58-62-66-72(77)71(70-76)75-73(78)67-63-59-55-51-48-44-41-38-36-34-32-30-28-26-24-22-20-18-17-19-21-23-25-27-29-31-33-35-37-39-42-45-49-53-57-61-65-69-80-74(79)68-64-60-56-52-46-14-12-10-8-6-4-2/h10,12,17,19,23,25,62,66,71-72,76-77H,3-9,11,13-16,18,20-22,24,26-61,63-65,67-70H2,1-2H3,(H,75,78)/b12-10-,19-17-,25-23-,66-62+.